The molecule has 7 nitrogen and oxygen atoms in total. The van der Waals surface area contributed by atoms with E-state index in [2.05, 4.69) is 27.3 Å². The first kappa shape index (κ1) is 19.9. The molecule has 6 aliphatic rings. The van der Waals surface area contributed by atoms with Crippen LogP contribution in [0.25, 0.3) is 0 Å². The minimum Gasteiger partial charge on any atom is -0.351 e. The molecule has 0 spiro atoms. The summed E-state index contributed by atoms with van der Waals surface area (Å²) in [6, 6.07) is 0.0643. The van der Waals surface area contributed by atoms with Gasteiger partial charge in [0.05, 0.1) is 0 Å². The average Bonchev–Trinajstić information content (AvgIpc) is 3.46. The lowest BCUT2D eigenvalue weighted by Gasteiger charge is -2.59. The molecular weight excluding hydrogens is 410 g/mol. The molecule has 2 saturated heterocycles. The van der Waals surface area contributed by atoms with Gasteiger partial charge in [-0.2, -0.15) is 0 Å². The Morgan fingerprint density at radius 3 is 2.39 bits per heavy atom. The summed E-state index contributed by atoms with van der Waals surface area (Å²) in [7, 11) is 0. The fraction of sp³-hybridized carbons (Fsp3) is 0.826. The summed E-state index contributed by atoms with van der Waals surface area (Å²) >= 11 is 1.45. The molecule has 3 heterocycles. The highest BCUT2D eigenvalue weighted by molar-refractivity contribution is 7.19. The molecule has 0 radical (unpaired) electrons. The molecular formula is C23H33N5O2S. The van der Waals surface area contributed by atoms with Crippen LogP contribution in [0, 0.1) is 23.2 Å². The van der Waals surface area contributed by atoms with Crippen LogP contribution in [0.15, 0.2) is 0 Å². The molecule has 0 aromatic carbocycles. The van der Waals surface area contributed by atoms with Crippen molar-refractivity contribution < 1.29 is 9.59 Å². The number of carbonyl (C=O) groups is 2. The molecule has 168 valence electrons. The van der Waals surface area contributed by atoms with Gasteiger partial charge in [-0.25, -0.2) is 0 Å². The Morgan fingerprint density at radius 2 is 1.74 bits per heavy atom. The fourth-order valence-electron chi connectivity index (χ4n) is 7.72. The zero-order valence-corrected chi connectivity index (χ0v) is 19.2. The van der Waals surface area contributed by atoms with E-state index in [0.717, 1.165) is 55.2 Å². The maximum atomic E-state index is 13.4. The van der Waals surface area contributed by atoms with Crippen LogP contribution in [0.4, 0.5) is 10.3 Å². The van der Waals surface area contributed by atoms with Crippen molar-refractivity contribution in [3.8, 4) is 0 Å². The van der Waals surface area contributed by atoms with Gasteiger partial charge in [0, 0.05) is 25.6 Å². The van der Waals surface area contributed by atoms with Gasteiger partial charge < -0.3 is 10.2 Å². The first-order chi connectivity index (χ1) is 15.0. The Balaban J connectivity index is 1.15. The second-order valence-corrected chi connectivity index (χ2v) is 11.8. The SMILES string of the molecule is C[C@@H](NC(=O)[C@H]1CCCN1c1nnc(N2CCCC2=O)s1)C12CC3CC(CC(C3)C1)C2. The summed E-state index contributed by atoms with van der Waals surface area (Å²) in [6.45, 7) is 3.80. The van der Waals surface area contributed by atoms with Crippen LogP contribution in [0.5, 0.6) is 0 Å². The molecule has 2 amide bonds. The Morgan fingerprint density at radius 1 is 1.06 bits per heavy atom. The van der Waals surface area contributed by atoms with E-state index in [0.29, 0.717) is 17.0 Å². The molecule has 4 bridgehead atoms. The van der Waals surface area contributed by atoms with Gasteiger partial charge in [0.15, 0.2) is 0 Å². The molecule has 4 aliphatic carbocycles. The molecule has 2 atom stereocenters. The van der Waals surface area contributed by atoms with Gasteiger partial charge >= 0.3 is 0 Å². The third-order valence-corrected chi connectivity index (χ3v) is 9.86. The number of nitrogens with zero attached hydrogens (tertiary/aromatic N) is 4. The Hall–Kier alpha value is -1.70. The van der Waals surface area contributed by atoms with Gasteiger partial charge in [-0.15, -0.1) is 10.2 Å². The lowest BCUT2D eigenvalue weighted by Crippen LogP contribution is -2.57. The van der Waals surface area contributed by atoms with Crippen LogP contribution in [0.2, 0.25) is 0 Å². The molecule has 31 heavy (non-hydrogen) atoms. The second-order valence-electron chi connectivity index (χ2n) is 10.9. The van der Waals surface area contributed by atoms with Crippen molar-refractivity contribution in [3.63, 3.8) is 0 Å². The van der Waals surface area contributed by atoms with Gasteiger partial charge in [-0.3, -0.25) is 14.5 Å². The van der Waals surface area contributed by atoms with Crippen LogP contribution in [-0.2, 0) is 9.59 Å². The van der Waals surface area contributed by atoms with Crippen molar-refractivity contribution in [2.24, 2.45) is 23.2 Å². The number of carbonyl (C=O) groups excluding carboxylic acids is 2. The minimum atomic E-state index is -0.175. The van der Waals surface area contributed by atoms with Crippen molar-refractivity contribution in [2.75, 3.05) is 22.9 Å². The van der Waals surface area contributed by atoms with Gasteiger partial charge in [0.25, 0.3) is 0 Å². The molecule has 8 heteroatoms. The van der Waals surface area contributed by atoms with E-state index in [1.165, 1.54) is 49.9 Å². The van der Waals surface area contributed by atoms with Crippen molar-refractivity contribution in [2.45, 2.75) is 83.2 Å². The van der Waals surface area contributed by atoms with Gasteiger partial charge in [-0.1, -0.05) is 11.3 Å². The summed E-state index contributed by atoms with van der Waals surface area (Å²) in [6.07, 6.45) is 11.5. The monoisotopic (exact) mass is 443 g/mol. The van der Waals surface area contributed by atoms with Crippen molar-refractivity contribution in [1.29, 1.82) is 0 Å². The highest BCUT2D eigenvalue weighted by atomic mass is 32.1. The third kappa shape index (κ3) is 3.36. The zero-order chi connectivity index (χ0) is 21.2. The number of hydrogen-bond donors (Lipinski definition) is 1. The number of rotatable bonds is 5. The smallest absolute Gasteiger partial charge is 0.243 e. The molecule has 4 saturated carbocycles. The zero-order valence-electron chi connectivity index (χ0n) is 18.4. The molecule has 0 unspecified atom stereocenters. The van der Waals surface area contributed by atoms with Crippen LogP contribution < -0.4 is 15.1 Å². The Kier molecular flexibility index (Phi) is 4.78. The Bertz CT molecular complexity index is 850. The maximum Gasteiger partial charge on any atom is 0.243 e. The topological polar surface area (TPSA) is 78.4 Å². The maximum absolute atomic E-state index is 13.4. The molecule has 1 aromatic rings. The summed E-state index contributed by atoms with van der Waals surface area (Å²) < 4.78 is 0. The molecule has 1 aromatic heterocycles. The standard InChI is InChI=1S/C23H33N5O2S/c1-14(23-11-15-8-16(12-23)10-17(9-15)13-23)24-20(30)18-4-2-6-27(18)21-25-26-22(31-21)28-7-3-5-19(28)29/h14-18H,2-13H2,1H3,(H,24,30)/t14-,15?,16?,17?,18-,23?/m1/s1. The number of hydrogen-bond acceptors (Lipinski definition) is 6. The van der Waals surface area contributed by atoms with Crippen molar-refractivity contribution in [1.82, 2.24) is 15.5 Å². The highest BCUT2D eigenvalue weighted by Crippen LogP contribution is 2.61. The lowest BCUT2D eigenvalue weighted by molar-refractivity contribution is -0.127. The summed E-state index contributed by atoms with van der Waals surface area (Å²) in [5.41, 5.74) is 0.319. The van der Waals surface area contributed by atoms with E-state index >= 15 is 0 Å². The van der Waals surface area contributed by atoms with E-state index in [1.54, 1.807) is 4.90 Å². The predicted molar refractivity (Wildman–Crippen MR) is 120 cm³/mol. The fourth-order valence-corrected chi connectivity index (χ4v) is 8.69. The Labute approximate surface area is 188 Å². The second kappa shape index (κ2) is 7.42. The summed E-state index contributed by atoms with van der Waals surface area (Å²) in [5.74, 6) is 2.95. The number of anilines is 2. The number of amides is 2. The van der Waals surface area contributed by atoms with Crippen LogP contribution >= 0.6 is 11.3 Å². The molecule has 1 N–H and O–H groups in total. The minimum absolute atomic E-state index is 0.128. The van der Waals surface area contributed by atoms with Crippen LogP contribution in [-0.4, -0.2) is 47.2 Å². The summed E-state index contributed by atoms with van der Waals surface area (Å²) in [4.78, 5) is 29.3. The average molecular weight is 444 g/mol. The van der Waals surface area contributed by atoms with Gasteiger partial charge in [0.1, 0.15) is 6.04 Å². The van der Waals surface area contributed by atoms with E-state index in [1.807, 2.05) is 0 Å². The largest absolute Gasteiger partial charge is 0.351 e. The first-order valence-corrected chi connectivity index (χ1v) is 13.0. The highest BCUT2D eigenvalue weighted by Gasteiger charge is 2.53. The van der Waals surface area contributed by atoms with Crippen molar-refractivity contribution >= 4 is 33.4 Å². The van der Waals surface area contributed by atoms with E-state index in [-0.39, 0.29) is 23.9 Å². The van der Waals surface area contributed by atoms with E-state index in [9.17, 15) is 9.59 Å². The van der Waals surface area contributed by atoms with Gasteiger partial charge in [0.2, 0.25) is 22.1 Å². The lowest BCUT2D eigenvalue weighted by atomic mass is 9.48. The van der Waals surface area contributed by atoms with Gasteiger partial charge in [-0.05, 0) is 87.9 Å². The molecule has 7 rings (SSSR count). The quantitative estimate of drug-likeness (QED) is 0.755. The molecule has 2 aliphatic heterocycles. The van der Waals surface area contributed by atoms with E-state index < -0.39 is 0 Å². The first-order valence-electron chi connectivity index (χ1n) is 12.2. The molecule has 6 fully saturated rings. The predicted octanol–water partition coefficient (Wildman–Crippen LogP) is 3.35. The van der Waals surface area contributed by atoms with Crippen molar-refractivity contribution in [3.05, 3.63) is 0 Å². The van der Waals surface area contributed by atoms with Crippen LogP contribution in [0.1, 0.15) is 71.1 Å². The van der Waals surface area contributed by atoms with Crippen LogP contribution in [0.3, 0.4) is 0 Å². The van der Waals surface area contributed by atoms with E-state index in [4.69, 9.17) is 0 Å². The number of nitrogens with one attached hydrogen (secondary N) is 1. The normalized spacial score (nSPS) is 37.6. The summed E-state index contributed by atoms with van der Waals surface area (Å²) in [5, 5.41) is 13.5. The third-order valence-electron chi connectivity index (χ3n) is 8.87. The number of aromatic nitrogens is 2.